The fourth-order valence-electron chi connectivity index (χ4n) is 0.637. The van der Waals surface area contributed by atoms with Gasteiger partial charge >= 0.3 is 0 Å². The van der Waals surface area contributed by atoms with Gasteiger partial charge in [0.15, 0.2) is 0 Å². The summed E-state index contributed by atoms with van der Waals surface area (Å²) in [7, 11) is 1.64. The molecule has 1 aromatic heterocycles. The molecule has 4 N–H and O–H groups in total. The van der Waals surface area contributed by atoms with Gasteiger partial charge in [0.1, 0.15) is 16.5 Å². The second kappa shape index (κ2) is 3.45. The monoisotopic (exact) mass is 170 g/mol. The van der Waals surface area contributed by atoms with Crippen molar-refractivity contribution in [3.05, 3.63) is 16.1 Å². The van der Waals surface area contributed by atoms with Gasteiger partial charge in [0, 0.05) is 19.0 Å². The van der Waals surface area contributed by atoms with Crippen molar-refractivity contribution in [2.24, 2.45) is 16.5 Å². The van der Waals surface area contributed by atoms with E-state index in [2.05, 4.69) is 9.98 Å². The number of rotatable bonds is 2. The number of hydrogen-bond acceptors (Lipinski definition) is 4. The Labute approximate surface area is 69.0 Å². The van der Waals surface area contributed by atoms with E-state index in [1.807, 2.05) is 5.38 Å². The third-order valence-corrected chi connectivity index (χ3v) is 2.10. The van der Waals surface area contributed by atoms with Gasteiger partial charge in [-0.15, -0.1) is 11.3 Å². The highest BCUT2D eigenvalue weighted by atomic mass is 32.1. The zero-order valence-corrected chi connectivity index (χ0v) is 7.06. The summed E-state index contributed by atoms with van der Waals surface area (Å²) in [5.41, 5.74) is 11.6. The Morgan fingerprint density at radius 1 is 1.82 bits per heavy atom. The molecule has 0 aliphatic rings. The molecule has 0 unspecified atom stereocenters. The van der Waals surface area contributed by atoms with E-state index < -0.39 is 0 Å². The maximum absolute atomic E-state index is 5.52. The third-order valence-electron chi connectivity index (χ3n) is 1.23. The van der Waals surface area contributed by atoms with E-state index in [0.717, 1.165) is 10.7 Å². The van der Waals surface area contributed by atoms with Crippen molar-refractivity contribution in [1.82, 2.24) is 4.98 Å². The molecular weight excluding hydrogens is 160 g/mol. The molecule has 11 heavy (non-hydrogen) atoms. The molecule has 0 spiro atoms. The van der Waals surface area contributed by atoms with Crippen LogP contribution in [-0.2, 0) is 6.54 Å². The minimum absolute atomic E-state index is 0.459. The molecule has 0 aliphatic carbocycles. The Bertz CT molecular complexity index is 265. The molecule has 4 nitrogen and oxygen atoms in total. The largest absolute Gasteiger partial charge is 0.382 e. The van der Waals surface area contributed by atoms with E-state index in [-0.39, 0.29) is 0 Å². The van der Waals surface area contributed by atoms with E-state index >= 15 is 0 Å². The normalized spacial score (nSPS) is 12.0. The first-order chi connectivity index (χ1) is 5.27. The lowest BCUT2D eigenvalue weighted by Gasteiger charge is -1.90. The Hall–Kier alpha value is -0.940. The van der Waals surface area contributed by atoms with Crippen molar-refractivity contribution in [3.63, 3.8) is 0 Å². The average molecular weight is 170 g/mol. The van der Waals surface area contributed by atoms with E-state index in [1.165, 1.54) is 11.3 Å². The predicted molar refractivity (Wildman–Crippen MR) is 46.7 cm³/mol. The minimum atomic E-state index is 0.459. The second-order valence-electron chi connectivity index (χ2n) is 1.94. The number of hydrogen-bond donors (Lipinski definition) is 2. The summed E-state index contributed by atoms with van der Waals surface area (Å²) >= 11 is 1.50. The number of aliphatic imine (C=N–C) groups is 1. The fraction of sp³-hybridized carbons (Fsp3) is 0.333. The number of aromatic nitrogens is 1. The highest BCUT2D eigenvalue weighted by Gasteiger charge is 2.02. The highest BCUT2D eigenvalue weighted by Crippen LogP contribution is 2.07. The molecule has 1 heterocycles. The Balaban J connectivity index is 2.89. The Morgan fingerprint density at radius 2 is 2.55 bits per heavy atom. The molecule has 1 aromatic rings. The van der Waals surface area contributed by atoms with Crippen LogP contribution < -0.4 is 11.5 Å². The summed E-state index contributed by atoms with van der Waals surface area (Å²) < 4.78 is 0. The van der Waals surface area contributed by atoms with Crippen molar-refractivity contribution < 1.29 is 0 Å². The molecule has 0 atom stereocenters. The van der Waals surface area contributed by atoms with Crippen molar-refractivity contribution >= 4 is 17.2 Å². The van der Waals surface area contributed by atoms with E-state index in [1.54, 1.807) is 7.05 Å². The lowest BCUT2D eigenvalue weighted by molar-refractivity contribution is 1.03. The number of nitrogens with two attached hydrogens (primary N) is 2. The fourth-order valence-corrected chi connectivity index (χ4v) is 1.31. The van der Waals surface area contributed by atoms with E-state index in [9.17, 15) is 0 Å². The van der Waals surface area contributed by atoms with Gasteiger partial charge < -0.3 is 11.5 Å². The van der Waals surface area contributed by atoms with Crippen LogP contribution in [0.4, 0.5) is 0 Å². The summed E-state index contributed by atoms with van der Waals surface area (Å²) in [5, 5.41) is 2.73. The molecule has 0 aliphatic heterocycles. The summed E-state index contributed by atoms with van der Waals surface area (Å²) in [4.78, 5) is 7.94. The summed E-state index contributed by atoms with van der Waals surface area (Å²) in [6.07, 6.45) is 0. The van der Waals surface area contributed by atoms with Gasteiger partial charge in [0.25, 0.3) is 0 Å². The standard InChI is InChI=1S/C6H10N4S/c1-9-6(8)4-3-11-5(2-7)10-4/h3H,2,7H2,1H3,(H2,8,9). The number of thiazole rings is 1. The van der Waals surface area contributed by atoms with E-state index in [4.69, 9.17) is 11.5 Å². The third kappa shape index (κ3) is 1.75. The first kappa shape index (κ1) is 8.16. The van der Waals surface area contributed by atoms with E-state index in [0.29, 0.717) is 12.4 Å². The van der Waals surface area contributed by atoms with Crippen molar-refractivity contribution in [1.29, 1.82) is 0 Å². The van der Waals surface area contributed by atoms with Crippen LogP contribution in [0.3, 0.4) is 0 Å². The first-order valence-electron chi connectivity index (χ1n) is 3.15. The Kier molecular flexibility index (Phi) is 2.56. The number of nitrogens with zero attached hydrogens (tertiary/aromatic N) is 2. The topological polar surface area (TPSA) is 77.3 Å². The maximum Gasteiger partial charge on any atom is 0.145 e. The van der Waals surface area contributed by atoms with Crippen LogP contribution >= 0.6 is 11.3 Å². The smallest absolute Gasteiger partial charge is 0.145 e. The lowest BCUT2D eigenvalue weighted by atomic mass is 10.4. The second-order valence-corrected chi connectivity index (χ2v) is 2.88. The lowest BCUT2D eigenvalue weighted by Crippen LogP contribution is -2.13. The van der Waals surface area contributed by atoms with Crippen molar-refractivity contribution in [2.75, 3.05) is 7.05 Å². The molecule has 0 radical (unpaired) electrons. The van der Waals surface area contributed by atoms with Crippen LogP contribution in [0.1, 0.15) is 10.7 Å². The van der Waals surface area contributed by atoms with Crippen LogP contribution in [0.5, 0.6) is 0 Å². The van der Waals surface area contributed by atoms with Gasteiger partial charge in [-0.1, -0.05) is 0 Å². The highest BCUT2D eigenvalue weighted by molar-refractivity contribution is 7.09. The van der Waals surface area contributed by atoms with Crippen LogP contribution in [-0.4, -0.2) is 17.9 Å². The molecule has 0 fully saturated rings. The van der Waals surface area contributed by atoms with Gasteiger partial charge in [-0.25, -0.2) is 4.98 Å². The maximum atomic E-state index is 5.52. The molecule has 0 saturated carbocycles. The quantitative estimate of drug-likeness (QED) is 0.482. The number of amidine groups is 1. The molecular formula is C6H10N4S. The molecule has 5 heteroatoms. The molecule has 1 rings (SSSR count). The summed E-state index contributed by atoms with van der Waals surface area (Å²) in [6.45, 7) is 0.460. The zero-order chi connectivity index (χ0) is 8.27. The van der Waals surface area contributed by atoms with Crippen LogP contribution in [0.25, 0.3) is 0 Å². The van der Waals surface area contributed by atoms with Gasteiger partial charge in [0.2, 0.25) is 0 Å². The van der Waals surface area contributed by atoms with Crippen molar-refractivity contribution in [2.45, 2.75) is 6.54 Å². The van der Waals surface area contributed by atoms with Gasteiger partial charge in [-0.05, 0) is 0 Å². The Morgan fingerprint density at radius 3 is 3.00 bits per heavy atom. The zero-order valence-electron chi connectivity index (χ0n) is 6.24. The summed E-state index contributed by atoms with van der Waals surface area (Å²) in [6, 6.07) is 0. The van der Waals surface area contributed by atoms with Gasteiger partial charge in [-0.2, -0.15) is 0 Å². The molecule has 0 amide bonds. The molecule has 60 valence electrons. The molecule has 0 aromatic carbocycles. The molecule has 0 saturated heterocycles. The summed E-state index contributed by atoms with van der Waals surface area (Å²) in [5.74, 6) is 0.459. The van der Waals surface area contributed by atoms with Crippen LogP contribution in [0, 0.1) is 0 Å². The van der Waals surface area contributed by atoms with Crippen molar-refractivity contribution in [3.8, 4) is 0 Å². The van der Waals surface area contributed by atoms with Gasteiger partial charge in [0.05, 0.1) is 0 Å². The van der Waals surface area contributed by atoms with Gasteiger partial charge in [-0.3, -0.25) is 4.99 Å². The average Bonchev–Trinajstić information content (AvgIpc) is 2.50. The molecule has 0 bridgehead atoms. The minimum Gasteiger partial charge on any atom is -0.382 e. The van der Waals surface area contributed by atoms with Crippen LogP contribution in [0.15, 0.2) is 10.4 Å². The first-order valence-corrected chi connectivity index (χ1v) is 4.03. The SMILES string of the molecule is CN=C(N)c1csc(CN)n1. The predicted octanol–water partition coefficient (Wildman–Crippen LogP) is -0.0631. The van der Waals surface area contributed by atoms with Crippen LogP contribution in [0.2, 0.25) is 0 Å².